The van der Waals surface area contributed by atoms with E-state index in [0.29, 0.717) is 12.5 Å². The number of nitrogens with one attached hydrogen (secondary N) is 2. The van der Waals surface area contributed by atoms with Gasteiger partial charge < -0.3 is 10.6 Å². The maximum Gasteiger partial charge on any atom is 0.234 e. The molecule has 4 heteroatoms. The average Bonchev–Trinajstić information content (AvgIpc) is 2.45. The van der Waals surface area contributed by atoms with Gasteiger partial charge in [0, 0.05) is 19.1 Å². The van der Waals surface area contributed by atoms with E-state index in [2.05, 4.69) is 36.3 Å². The number of hydrogen-bond donors (Lipinski definition) is 2. The molecule has 1 heterocycles. The third-order valence-corrected chi connectivity index (χ3v) is 3.19. The molecule has 0 bridgehead atoms. The number of carbonyl (C=O) groups excluding carboxylic acids is 1. The van der Waals surface area contributed by atoms with Crippen LogP contribution in [0, 0.1) is 5.92 Å². The van der Waals surface area contributed by atoms with E-state index in [-0.39, 0.29) is 11.9 Å². The highest BCUT2D eigenvalue weighted by Gasteiger charge is 2.15. The van der Waals surface area contributed by atoms with Gasteiger partial charge >= 0.3 is 0 Å². The average molecular weight is 227 g/mol. The molecule has 1 rings (SSSR count). The van der Waals surface area contributed by atoms with E-state index in [0.717, 1.165) is 32.6 Å². The molecule has 1 fully saturated rings. The lowest BCUT2D eigenvalue weighted by molar-refractivity contribution is -0.123. The van der Waals surface area contributed by atoms with Crippen molar-refractivity contribution in [2.45, 2.75) is 33.2 Å². The highest BCUT2D eigenvalue weighted by atomic mass is 16.2. The van der Waals surface area contributed by atoms with Crippen LogP contribution in [0.5, 0.6) is 0 Å². The van der Waals surface area contributed by atoms with E-state index in [1.807, 2.05) is 0 Å². The van der Waals surface area contributed by atoms with E-state index < -0.39 is 0 Å². The van der Waals surface area contributed by atoms with Gasteiger partial charge in [-0.1, -0.05) is 13.8 Å². The van der Waals surface area contributed by atoms with E-state index in [1.165, 1.54) is 0 Å². The molecule has 0 aromatic rings. The maximum absolute atomic E-state index is 11.8. The number of amides is 1. The Morgan fingerprint density at radius 3 is 2.75 bits per heavy atom. The summed E-state index contributed by atoms with van der Waals surface area (Å²) in [4.78, 5) is 14.0. The molecule has 0 spiro atoms. The molecule has 1 unspecified atom stereocenters. The highest BCUT2D eigenvalue weighted by Crippen LogP contribution is 2.00. The van der Waals surface area contributed by atoms with Gasteiger partial charge in [0.05, 0.1) is 6.54 Å². The van der Waals surface area contributed by atoms with E-state index in [9.17, 15) is 4.79 Å². The molecule has 4 nitrogen and oxygen atoms in total. The van der Waals surface area contributed by atoms with Crippen LogP contribution in [0.4, 0.5) is 0 Å². The normalized spacial score (nSPS) is 20.5. The number of hydrogen-bond acceptors (Lipinski definition) is 3. The van der Waals surface area contributed by atoms with Crippen molar-refractivity contribution < 1.29 is 4.79 Å². The molecule has 94 valence electrons. The van der Waals surface area contributed by atoms with E-state index >= 15 is 0 Å². The molecule has 1 aliphatic rings. The predicted octanol–water partition coefficient (Wildman–Crippen LogP) is 0.442. The zero-order valence-electron chi connectivity index (χ0n) is 10.8. The fraction of sp³-hybridized carbons (Fsp3) is 0.917. The van der Waals surface area contributed by atoms with Crippen LogP contribution in [-0.4, -0.2) is 49.6 Å². The third kappa shape index (κ3) is 4.94. The summed E-state index contributed by atoms with van der Waals surface area (Å²) in [5.41, 5.74) is 0. The summed E-state index contributed by atoms with van der Waals surface area (Å²) < 4.78 is 0. The molecule has 1 atom stereocenters. The fourth-order valence-electron chi connectivity index (χ4n) is 1.73. The summed E-state index contributed by atoms with van der Waals surface area (Å²) in [6.07, 6.45) is 1.13. The van der Waals surface area contributed by atoms with Crippen molar-refractivity contribution in [3.8, 4) is 0 Å². The topological polar surface area (TPSA) is 44.4 Å². The van der Waals surface area contributed by atoms with Gasteiger partial charge in [0.15, 0.2) is 0 Å². The van der Waals surface area contributed by atoms with Gasteiger partial charge in [0.2, 0.25) is 5.91 Å². The van der Waals surface area contributed by atoms with Crippen LogP contribution >= 0.6 is 0 Å². The van der Waals surface area contributed by atoms with Crippen molar-refractivity contribution >= 4 is 5.91 Å². The second-order valence-electron chi connectivity index (χ2n) is 4.98. The first-order chi connectivity index (χ1) is 7.59. The maximum atomic E-state index is 11.8. The lowest BCUT2D eigenvalue weighted by Crippen LogP contribution is -2.43. The monoisotopic (exact) mass is 227 g/mol. The second kappa shape index (κ2) is 6.86. The van der Waals surface area contributed by atoms with Gasteiger partial charge in [-0.05, 0) is 32.4 Å². The predicted molar refractivity (Wildman–Crippen MR) is 66.4 cm³/mol. The molecule has 1 saturated heterocycles. The first-order valence-corrected chi connectivity index (χ1v) is 6.32. The van der Waals surface area contributed by atoms with Crippen LogP contribution in [-0.2, 0) is 4.79 Å². The lowest BCUT2D eigenvalue weighted by Gasteiger charge is -2.22. The smallest absolute Gasteiger partial charge is 0.234 e. The Morgan fingerprint density at radius 1 is 1.31 bits per heavy atom. The van der Waals surface area contributed by atoms with Crippen LogP contribution in [0.3, 0.4) is 0 Å². The second-order valence-corrected chi connectivity index (χ2v) is 4.98. The Morgan fingerprint density at radius 2 is 2.06 bits per heavy atom. The fourth-order valence-corrected chi connectivity index (χ4v) is 1.73. The first kappa shape index (κ1) is 13.5. The highest BCUT2D eigenvalue weighted by molar-refractivity contribution is 5.78. The van der Waals surface area contributed by atoms with Gasteiger partial charge in [-0.15, -0.1) is 0 Å². The zero-order valence-corrected chi connectivity index (χ0v) is 10.8. The quantitative estimate of drug-likeness (QED) is 0.732. The van der Waals surface area contributed by atoms with E-state index in [4.69, 9.17) is 0 Å². The molecule has 2 N–H and O–H groups in total. The molecule has 0 aliphatic carbocycles. The minimum absolute atomic E-state index is 0.156. The Labute approximate surface area is 98.8 Å². The number of nitrogens with zero attached hydrogens (tertiary/aromatic N) is 1. The van der Waals surface area contributed by atoms with Crippen LogP contribution in [0.1, 0.15) is 27.2 Å². The summed E-state index contributed by atoms with van der Waals surface area (Å²) in [5.74, 6) is 0.651. The van der Waals surface area contributed by atoms with Crippen LogP contribution in [0.2, 0.25) is 0 Å². The minimum Gasteiger partial charge on any atom is -0.352 e. The van der Waals surface area contributed by atoms with Gasteiger partial charge in [-0.25, -0.2) is 0 Å². The molecule has 1 amide bonds. The SMILES string of the molecule is CC(C)C(C)NC(=O)CN1CCCNCC1. The summed E-state index contributed by atoms with van der Waals surface area (Å²) in [5, 5.41) is 6.38. The standard InChI is InChI=1S/C12H25N3O/c1-10(2)11(3)14-12(16)9-15-7-4-5-13-6-8-15/h10-11,13H,4-9H2,1-3H3,(H,14,16). The molecule has 0 radical (unpaired) electrons. The van der Waals surface area contributed by atoms with Gasteiger partial charge in [0.25, 0.3) is 0 Å². The van der Waals surface area contributed by atoms with Crippen molar-refractivity contribution in [2.75, 3.05) is 32.7 Å². The summed E-state index contributed by atoms with van der Waals surface area (Å²) in [6.45, 7) is 10.9. The molecular weight excluding hydrogens is 202 g/mol. The molecule has 0 saturated carbocycles. The Hall–Kier alpha value is -0.610. The molecular formula is C12H25N3O. The van der Waals surface area contributed by atoms with Crippen LogP contribution in [0.25, 0.3) is 0 Å². The van der Waals surface area contributed by atoms with Crippen molar-refractivity contribution in [2.24, 2.45) is 5.92 Å². The van der Waals surface area contributed by atoms with Crippen LogP contribution in [0.15, 0.2) is 0 Å². The summed E-state index contributed by atoms with van der Waals surface area (Å²) in [6, 6.07) is 0.262. The van der Waals surface area contributed by atoms with Gasteiger partial charge in [0.1, 0.15) is 0 Å². The van der Waals surface area contributed by atoms with Crippen molar-refractivity contribution in [3.63, 3.8) is 0 Å². The molecule has 1 aliphatic heterocycles. The Kier molecular flexibility index (Phi) is 5.77. The lowest BCUT2D eigenvalue weighted by atomic mass is 10.1. The third-order valence-electron chi connectivity index (χ3n) is 3.19. The molecule has 0 aromatic heterocycles. The minimum atomic E-state index is 0.156. The van der Waals surface area contributed by atoms with E-state index in [1.54, 1.807) is 0 Å². The summed E-state index contributed by atoms with van der Waals surface area (Å²) >= 11 is 0. The van der Waals surface area contributed by atoms with Crippen molar-refractivity contribution in [3.05, 3.63) is 0 Å². The Bertz CT molecular complexity index is 210. The van der Waals surface area contributed by atoms with Gasteiger partial charge in [-0.2, -0.15) is 0 Å². The first-order valence-electron chi connectivity index (χ1n) is 6.32. The zero-order chi connectivity index (χ0) is 12.0. The molecule has 0 aromatic carbocycles. The van der Waals surface area contributed by atoms with Crippen LogP contribution < -0.4 is 10.6 Å². The van der Waals surface area contributed by atoms with Gasteiger partial charge in [-0.3, -0.25) is 9.69 Å². The summed E-state index contributed by atoms with van der Waals surface area (Å²) in [7, 11) is 0. The largest absolute Gasteiger partial charge is 0.352 e. The number of carbonyl (C=O) groups is 1. The Balaban J connectivity index is 2.26. The van der Waals surface area contributed by atoms with Crippen molar-refractivity contribution in [1.29, 1.82) is 0 Å². The van der Waals surface area contributed by atoms with Crippen molar-refractivity contribution in [1.82, 2.24) is 15.5 Å². The number of rotatable bonds is 4. The molecule has 16 heavy (non-hydrogen) atoms.